The number of nitro benzene ring substituents is 1. The number of carbonyl (C=O) groups is 1. The number of hydrogen-bond donors (Lipinski definition) is 1. The Balaban J connectivity index is 2.05. The molecule has 0 saturated carbocycles. The van der Waals surface area contributed by atoms with Gasteiger partial charge in [0.1, 0.15) is 0 Å². The summed E-state index contributed by atoms with van der Waals surface area (Å²) in [6.07, 6.45) is 1.49. The van der Waals surface area contributed by atoms with E-state index in [1.54, 1.807) is 0 Å². The third-order valence-corrected chi connectivity index (χ3v) is 3.04. The molecule has 0 fully saturated rings. The number of non-ortho nitro benzene ring substituents is 1. The molecule has 0 saturated heterocycles. The van der Waals surface area contributed by atoms with Gasteiger partial charge in [-0.2, -0.15) is 5.10 Å². The summed E-state index contributed by atoms with van der Waals surface area (Å²) < 4.78 is 0.900. The van der Waals surface area contributed by atoms with Crippen molar-refractivity contribution in [3.8, 4) is 0 Å². The minimum Gasteiger partial charge on any atom is -0.267 e. The van der Waals surface area contributed by atoms with Crippen LogP contribution in [-0.2, 0) is 0 Å². The number of carbonyl (C=O) groups excluding carboxylic acids is 1. The van der Waals surface area contributed by atoms with Crippen LogP contribution < -0.4 is 5.43 Å². The van der Waals surface area contributed by atoms with Crippen LogP contribution in [0.1, 0.15) is 15.9 Å². The van der Waals surface area contributed by atoms with E-state index in [4.69, 9.17) is 0 Å². The van der Waals surface area contributed by atoms with Gasteiger partial charge in [-0.1, -0.05) is 34.1 Å². The van der Waals surface area contributed by atoms with E-state index in [0.717, 1.165) is 10.0 Å². The molecule has 0 aliphatic heterocycles. The van der Waals surface area contributed by atoms with Crippen molar-refractivity contribution >= 4 is 33.7 Å². The van der Waals surface area contributed by atoms with Crippen LogP contribution in [0.2, 0.25) is 0 Å². The molecular formula is C14H10BrN3O3. The molecule has 0 aromatic heterocycles. The van der Waals surface area contributed by atoms with E-state index >= 15 is 0 Å². The molecule has 106 valence electrons. The van der Waals surface area contributed by atoms with Crippen molar-refractivity contribution < 1.29 is 9.72 Å². The third-order valence-electron chi connectivity index (χ3n) is 2.55. The second kappa shape index (κ2) is 6.76. The van der Waals surface area contributed by atoms with Gasteiger partial charge in [-0.25, -0.2) is 5.43 Å². The molecule has 1 N–H and O–H groups in total. The number of nitro groups is 1. The van der Waals surface area contributed by atoms with Gasteiger partial charge in [-0.15, -0.1) is 0 Å². The van der Waals surface area contributed by atoms with E-state index in [9.17, 15) is 14.9 Å². The Bertz CT molecular complexity index is 716. The minimum absolute atomic E-state index is 0.140. The topological polar surface area (TPSA) is 84.6 Å². The molecule has 2 aromatic rings. The Morgan fingerprint density at radius 1 is 1.24 bits per heavy atom. The van der Waals surface area contributed by atoms with Crippen molar-refractivity contribution in [1.82, 2.24) is 5.43 Å². The van der Waals surface area contributed by atoms with Gasteiger partial charge in [0.2, 0.25) is 0 Å². The summed E-state index contributed by atoms with van der Waals surface area (Å²) in [5.41, 5.74) is 3.17. The van der Waals surface area contributed by atoms with Crippen molar-refractivity contribution in [2.75, 3.05) is 0 Å². The fraction of sp³-hybridized carbons (Fsp3) is 0. The van der Waals surface area contributed by atoms with Crippen LogP contribution in [-0.4, -0.2) is 17.0 Å². The van der Waals surface area contributed by atoms with Gasteiger partial charge in [0.25, 0.3) is 11.6 Å². The zero-order valence-corrected chi connectivity index (χ0v) is 12.3. The fourth-order valence-corrected chi connectivity index (χ4v) is 1.99. The number of halogens is 1. The number of hydrazone groups is 1. The summed E-state index contributed by atoms with van der Waals surface area (Å²) in [6.45, 7) is 0. The third kappa shape index (κ3) is 4.22. The van der Waals surface area contributed by atoms with E-state index in [1.807, 2.05) is 24.3 Å². The smallest absolute Gasteiger partial charge is 0.267 e. The van der Waals surface area contributed by atoms with Crippen LogP contribution in [0, 0.1) is 10.1 Å². The Kier molecular flexibility index (Phi) is 4.78. The van der Waals surface area contributed by atoms with Gasteiger partial charge in [-0.05, 0) is 23.8 Å². The molecule has 0 spiro atoms. The van der Waals surface area contributed by atoms with Crippen molar-refractivity contribution in [3.63, 3.8) is 0 Å². The van der Waals surface area contributed by atoms with Crippen LogP contribution in [0.15, 0.2) is 58.1 Å². The number of rotatable bonds is 4. The quantitative estimate of drug-likeness (QED) is 0.523. The van der Waals surface area contributed by atoms with E-state index < -0.39 is 10.8 Å². The predicted octanol–water partition coefficient (Wildman–Crippen LogP) is 3.12. The fourth-order valence-electron chi connectivity index (χ4n) is 1.58. The van der Waals surface area contributed by atoms with Crippen molar-refractivity contribution in [1.29, 1.82) is 0 Å². The molecule has 6 nitrogen and oxygen atoms in total. The molecule has 0 aliphatic carbocycles. The zero-order chi connectivity index (χ0) is 15.2. The lowest BCUT2D eigenvalue weighted by Crippen LogP contribution is -2.17. The number of nitrogens with one attached hydrogen (secondary N) is 1. The molecule has 0 bridgehead atoms. The SMILES string of the molecule is O=C(N/N=C/c1cccc(Br)c1)c1cccc([N+](=O)[O-])c1. The molecule has 7 heteroatoms. The van der Waals surface area contributed by atoms with Gasteiger partial charge in [0.05, 0.1) is 11.1 Å². The van der Waals surface area contributed by atoms with Crippen LogP contribution in [0.4, 0.5) is 5.69 Å². The van der Waals surface area contributed by atoms with Gasteiger partial charge in [-0.3, -0.25) is 14.9 Å². The lowest BCUT2D eigenvalue weighted by molar-refractivity contribution is -0.384. The lowest BCUT2D eigenvalue weighted by Gasteiger charge is -2.00. The summed E-state index contributed by atoms with van der Waals surface area (Å²) in [5, 5.41) is 14.5. The van der Waals surface area contributed by atoms with Crippen molar-refractivity contribution in [2.45, 2.75) is 0 Å². The lowest BCUT2D eigenvalue weighted by atomic mass is 10.2. The minimum atomic E-state index is -0.554. The number of nitrogens with zero attached hydrogens (tertiary/aromatic N) is 2. The average molecular weight is 348 g/mol. The van der Waals surface area contributed by atoms with E-state index in [0.29, 0.717) is 0 Å². The molecule has 0 atom stereocenters. The molecule has 2 rings (SSSR count). The summed E-state index contributed by atoms with van der Waals surface area (Å²) in [7, 11) is 0. The number of benzene rings is 2. The van der Waals surface area contributed by atoms with Crippen LogP contribution >= 0.6 is 15.9 Å². The summed E-state index contributed by atoms with van der Waals surface area (Å²) in [6, 6.07) is 12.8. The van der Waals surface area contributed by atoms with Crippen molar-refractivity contribution in [2.24, 2.45) is 5.10 Å². The first-order valence-corrected chi connectivity index (χ1v) is 6.69. The number of amides is 1. The van der Waals surface area contributed by atoms with Gasteiger partial charge in [0, 0.05) is 22.2 Å². The normalized spacial score (nSPS) is 10.5. The van der Waals surface area contributed by atoms with E-state index in [1.165, 1.54) is 30.5 Å². The number of hydrogen-bond acceptors (Lipinski definition) is 4. The summed E-state index contributed by atoms with van der Waals surface area (Å²) in [5.74, 6) is -0.509. The summed E-state index contributed by atoms with van der Waals surface area (Å²) in [4.78, 5) is 21.9. The Labute approximate surface area is 128 Å². The highest BCUT2D eigenvalue weighted by atomic mass is 79.9. The van der Waals surface area contributed by atoms with Crippen molar-refractivity contribution in [3.05, 3.63) is 74.2 Å². The average Bonchev–Trinajstić information content (AvgIpc) is 2.47. The maximum Gasteiger partial charge on any atom is 0.271 e. The first-order valence-electron chi connectivity index (χ1n) is 5.90. The maximum absolute atomic E-state index is 11.8. The van der Waals surface area contributed by atoms with Crippen LogP contribution in [0.5, 0.6) is 0 Å². The highest BCUT2D eigenvalue weighted by Gasteiger charge is 2.10. The standard InChI is InChI=1S/C14H10BrN3O3/c15-12-5-1-3-10(7-12)9-16-17-14(19)11-4-2-6-13(8-11)18(20)21/h1-9H,(H,17,19)/b16-9+. The molecule has 0 aliphatic rings. The molecule has 0 unspecified atom stereocenters. The van der Waals surface area contributed by atoms with Crippen LogP contribution in [0.3, 0.4) is 0 Å². The molecule has 2 aromatic carbocycles. The van der Waals surface area contributed by atoms with Gasteiger partial charge < -0.3 is 0 Å². The molecule has 21 heavy (non-hydrogen) atoms. The highest BCUT2D eigenvalue weighted by Crippen LogP contribution is 2.13. The van der Waals surface area contributed by atoms with Gasteiger partial charge in [0.15, 0.2) is 0 Å². The highest BCUT2D eigenvalue weighted by molar-refractivity contribution is 9.10. The Morgan fingerprint density at radius 3 is 2.71 bits per heavy atom. The molecule has 0 radical (unpaired) electrons. The molecule has 0 heterocycles. The summed E-state index contributed by atoms with van der Waals surface area (Å²) >= 11 is 3.33. The second-order valence-corrected chi connectivity index (χ2v) is 4.98. The van der Waals surface area contributed by atoms with E-state index in [2.05, 4.69) is 26.5 Å². The zero-order valence-electron chi connectivity index (χ0n) is 10.7. The molecule has 1 amide bonds. The predicted molar refractivity (Wildman–Crippen MR) is 82.3 cm³/mol. The monoisotopic (exact) mass is 347 g/mol. The first-order chi connectivity index (χ1) is 10.1. The second-order valence-electron chi connectivity index (χ2n) is 4.06. The van der Waals surface area contributed by atoms with Gasteiger partial charge >= 0.3 is 0 Å². The Hall–Kier alpha value is -2.54. The largest absolute Gasteiger partial charge is 0.271 e. The first kappa shape index (κ1) is 14.9. The maximum atomic E-state index is 11.8. The van der Waals surface area contributed by atoms with E-state index in [-0.39, 0.29) is 11.3 Å². The van der Waals surface area contributed by atoms with Crippen LogP contribution in [0.25, 0.3) is 0 Å². The Morgan fingerprint density at radius 2 is 2.00 bits per heavy atom. The molecular weight excluding hydrogens is 338 g/mol.